The third-order valence-corrected chi connectivity index (χ3v) is 17.5. The quantitative estimate of drug-likeness (QED) is 0.0327. The number of hydrogen-bond acceptors (Lipinski definition) is 21. The van der Waals surface area contributed by atoms with Crippen LogP contribution in [-0.4, -0.2) is 148 Å². The zero-order valence-corrected chi connectivity index (χ0v) is 45.9. The van der Waals surface area contributed by atoms with Gasteiger partial charge in [0.25, 0.3) is 5.91 Å². The van der Waals surface area contributed by atoms with Crippen LogP contribution in [0.2, 0.25) is 0 Å². The van der Waals surface area contributed by atoms with Gasteiger partial charge >= 0.3 is 42.0 Å². The number of hydrogen-bond donors (Lipinski definition) is 4. The Kier molecular flexibility index (Phi) is 19.0. The molecule has 2 bridgehead atoms. The van der Waals surface area contributed by atoms with Crippen molar-refractivity contribution in [1.82, 2.24) is 5.32 Å². The summed E-state index contributed by atoms with van der Waals surface area (Å²) in [6, 6.07) is 22.2. The van der Waals surface area contributed by atoms with Crippen molar-refractivity contribution in [2.45, 2.75) is 121 Å². The lowest BCUT2D eigenvalue weighted by Crippen LogP contribution is -2.82. The molecule has 3 unspecified atom stereocenters. The fourth-order valence-corrected chi connectivity index (χ4v) is 12.8. The molecule has 3 fully saturated rings. The standard InChI is InChI=1S/C56H63NO20S2/c1-31-37(74-51(67)45(43(34-16-10-7-11-17-34)57-49(65)35-18-12-8-13-19-35)75-52(68)71-25-27-79-78-26-24-70-41(63)23-22-40(61)62)29-56(69)48(76-50(66)36-20-14-9-15-21-36)46-54(6,38(60)28-39-55(46,30-72-39)77-33(3)59)47(64)44(73-32(2)58)42(31)53(56,4)5/h7-21,37-39,43-46,48,60,69H,22-30H2,1-6H3,(H,57,65)(H,61,62)/t37?,38-,39+,43?,44+,45?,46-,48-,54+,55-,56+/m0/s1. The molecule has 4 N–H and O–H groups in total. The van der Waals surface area contributed by atoms with E-state index >= 15 is 9.59 Å². The van der Waals surface area contributed by atoms with E-state index in [0.29, 0.717) is 5.75 Å². The van der Waals surface area contributed by atoms with E-state index in [0.717, 1.165) is 13.8 Å². The molecular formula is C56H63NO20S2. The minimum Gasteiger partial charge on any atom is -0.481 e. The average molecular weight is 1130 g/mol. The molecule has 7 rings (SSSR count). The Morgan fingerprint density at radius 3 is 1.95 bits per heavy atom. The van der Waals surface area contributed by atoms with Crippen molar-refractivity contribution in [2.75, 3.05) is 31.3 Å². The van der Waals surface area contributed by atoms with Gasteiger partial charge in [0, 0.05) is 49.2 Å². The van der Waals surface area contributed by atoms with Crippen molar-refractivity contribution in [3.05, 3.63) is 119 Å². The molecule has 0 radical (unpaired) electrons. The number of carbonyl (C=O) groups excluding carboxylic acids is 8. The summed E-state index contributed by atoms with van der Waals surface area (Å²) in [5.74, 6) is -8.62. The van der Waals surface area contributed by atoms with Crippen molar-refractivity contribution in [1.29, 1.82) is 0 Å². The number of ketones is 1. The highest BCUT2D eigenvalue weighted by molar-refractivity contribution is 8.76. The van der Waals surface area contributed by atoms with Gasteiger partial charge in [-0.3, -0.25) is 28.8 Å². The second-order valence-electron chi connectivity index (χ2n) is 20.3. The number of aliphatic hydroxyl groups is 2. The number of esters is 5. The van der Waals surface area contributed by atoms with Crippen molar-refractivity contribution < 1.29 is 96.4 Å². The smallest absolute Gasteiger partial charge is 0.481 e. The highest BCUT2D eigenvalue weighted by atomic mass is 33.1. The maximum Gasteiger partial charge on any atom is 0.509 e. The molecule has 0 aromatic heterocycles. The monoisotopic (exact) mass is 1130 g/mol. The van der Waals surface area contributed by atoms with Crippen molar-refractivity contribution >= 4 is 75.2 Å². The minimum atomic E-state index is -2.51. The predicted molar refractivity (Wildman–Crippen MR) is 281 cm³/mol. The van der Waals surface area contributed by atoms with Gasteiger partial charge in [-0.2, -0.15) is 0 Å². The van der Waals surface area contributed by atoms with Gasteiger partial charge in [0.2, 0.25) is 6.10 Å². The van der Waals surface area contributed by atoms with Crippen LogP contribution >= 0.6 is 21.6 Å². The molecule has 79 heavy (non-hydrogen) atoms. The van der Waals surface area contributed by atoms with Crippen LogP contribution < -0.4 is 5.32 Å². The van der Waals surface area contributed by atoms with Gasteiger partial charge in [0.15, 0.2) is 17.5 Å². The zero-order chi connectivity index (χ0) is 57.5. The van der Waals surface area contributed by atoms with Gasteiger partial charge in [-0.25, -0.2) is 14.4 Å². The Morgan fingerprint density at radius 1 is 0.785 bits per heavy atom. The first-order valence-electron chi connectivity index (χ1n) is 25.4. The lowest BCUT2D eigenvalue weighted by atomic mass is 9.44. The van der Waals surface area contributed by atoms with Crippen molar-refractivity contribution in [3.8, 4) is 0 Å². The number of Topliss-reactive ketones (excluding diaryl/α,β-unsaturated/α-hetero) is 1. The summed E-state index contributed by atoms with van der Waals surface area (Å²) in [7, 11) is 2.51. The van der Waals surface area contributed by atoms with E-state index in [2.05, 4.69) is 5.32 Å². The van der Waals surface area contributed by atoms with Crippen LogP contribution in [0.5, 0.6) is 0 Å². The topological polar surface area (TPSA) is 300 Å². The number of aliphatic carboxylic acids is 1. The molecule has 2 saturated carbocycles. The molecule has 1 amide bonds. The summed E-state index contributed by atoms with van der Waals surface area (Å²) in [6.07, 6.45) is -13.2. The maximum atomic E-state index is 15.8. The van der Waals surface area contributed by atoms with Crippen molar-refractivity contribution in [2.24, 2.45) is 16.7 Å². The third kappa shape index (κ3) is 12.6. The van der Waals surface area contributed by atoms with Crippen LogP contribution in [-0.2, 0) is 66.7 Å². The van der Waals surface area contributed by atoms with E-state index in [-0.39, 0.29) is 72.7 Å². The van der Waals surface area contributed by atoms with Crippen LogP contribution in [0.1, 0.15) is 99.5 Å². The van der Waals surface area contributed by atoms with Gasteiger partial charge in [0.05, 0.1) is 42.4 Å². The molecular weight excluding hydrogens is 1070 g/mol. The van der Waals surface area contributed by atoms with E-state index in [4.69, 9.17) is 43.0 Å². The Bertz CT molecular complexity index is 2810. The van der Waals surface area contributed by atoms with Gasteiger partial charge in [0.1, 0.15) is 43.2 Å². The lowest BCUT2D eigenvalue weighted by molar-refractivity contribution is -0.346. The molecule has 4 aliphatic rings. The molecule has 21 nitrogen and oxygen atoms in total. The Hall–Kier alpha value is -6.79. The van der Waals surface area contributed by atoms with E-state index in [9.17, 15) is 43.8 Å². The molecule has 3 aromatic rings. The molecule has 1 heterocycles. The Balaban J connectivity index is 1.29. The van der Waals surface area contributed by atoms with Gasteiger partial charge in [-0.05, 0) is 54.8 Å². The lowest BCUT2D eigenvalue weighted by Gasteiger charge is -2.67. The van der Waals surface area contributed by atoms with Gasteiger partial charge in [-0.15, -0.1) is 0 Å². The van der Waals surface area contributed by atoms with Crippen LogP contribution in [0.3, 0.4) is 0 Å². The molecule has 424 valence electrons. The van der Waals surface area contributed by atoms with E-state index < -0.39 is 131 Å². The number of carboxylic acids is 1. The third-order valence-electron chi connectivity index (χ3n) is 15.1. The number of aliphatic hydroxyl groups excluding tert-OH is 1. The predicted octanol–water partition coefficient (Wildman–Crippen LogP) is 5.69. The first kappa shape index (κ1) is 59.9. The number of carbonyl (C=O) groups is 9. The first-order valence-corrected chi connectivity index (χ1v) is 27.9. The summed E-state index contributed by atoms with van der Waals surface area (Å²) in [4.78, 5) is 122. The van der Waals surface area contributed by atoms with E-state index in [1.54, 1.807) is 66.7 Å². The molecule has 1 saturated heterocycles. The van der Waals surface area contributed by atoms with Crippen molar-refractivity contribution in [3.63, 3.8) is 0 Å². The summed E-state index contributed by atoms with van der Waals surface area (Å²) < 4.78 is 47.1. The van der Waals surface area contributed by atoms with Crippen LogP contribution in [0, 0.1) is 16.7 Å². The normalized spacial score (nSPS) is 27.3. The Labute approximate surface area is 463 Å². The summed E-state index contributed by atoms with van der Waals surface area (Å²) in [5, 5.41) is 37.8. The molecule has 0 spiro atoms. The summed E-state index contributed by atoms with van der Waals surface area (Å²) in [6.45, 7) is 7.44. The Morgan fingerprint density at radius 2 is 1.38 bits per heavy atom. The first-order chi connectivity index (χ1) is 37.5. The molecule has 1 aliphatic heterocycles. The SMILES string of the molecule is CC(=O)O[C@H]1C(=O)[C@@]2(C)[C@H]([C@H](OC(=O)c3ccccc3)[C@]3(O)CC(OC(=O)C(OC(=O)OCCSSCCOC(=O)CCC(=O)O)C(NC(=O)c4ccccc4)c4ccccc4)C(C)=C1C3(C)C)[C@]1(OC(C)=O)CO[C@@H]1C[C@@H]2O. The number of carboxylic acid groups (broad SMARTS) is 1. The van der Waals surface area contributed by atoms with Gasteiger partial charge in [-0.1, -0.05) is 102 Å². The average Bonchev–Trinajstić information content (AvgIpc) is 3.29. The van der Waals surface area contributed by atoms with Crippen LogP contribution in [0.4, 0.5) is 4.79 Å². The van der Waals surface area contributed by atoms with Crippen LogP contribution in [0.15, 0.2) is 102 Å². The van der Waals surface area contributed by atoms with E-state index in [1.807, 2.05) is 0 Å². The summed E-state index contributed by atoms with van der Waals surface area (Å²) >= 11 is 0. The maximum absolute atomic E-state index is 15.8. The number of benzene rings is 3. The number of fused-ring (bicyclic) bond motifs is 5. The van der Waals surface area contributed by atoms with E-state index in [1.165, 1.54) is 73.5 Å². The number of amides is 1. The fourth-order valence-electron chi connectivity index (χ4n) is 11.2. The molecule has 3 aromatic carbocycles. The van der Waals surface area contributed by atoms with Crippen LogP contribution in [0.25, 0.3) is 0 Å². The summed E-state index contributed by atoms with van der Waals surface area (Å²) in [5.41, 5.74) is -7.83. The number of nitrogens with one attached hydrogen (secondary N) is 1. The number of ether oxygens (including phenoxy) is 8. The highest BCUT2D eigenvalue weighted by Gasteiger charge is 2.78. The zero-order valence-electron chi connectivity index (χ0n) is 44.2. The fraction of sp³-hybridized carbons (Fsp3) is 0.482. The van der Waals surface area contributed by atoms with Gasteiger partial charge < -0.3 is 58.5 Å². The molecule has 3 aliphatic carbocycles. The largest absolute Gasteiger partial charge is 0.509 e. The highest BCUT2D eigenvalue weighted by Crippen LogP contribution is 2.64. The second-order valence-corrected chi connectivity index (χ2v) is 23.0. The minimum absolute atomic E-state index is 0.00177. The number of rotatable bonds is 21. The molecule has 11 atom stereocenters. The second kappa shape index (κ2) is 25.1. The molecule has 23 heteroatoms.